The molecule has 30 heavy (non-hydrogen) atoms. The molecule has 0 spiro atoms. The second kappa shape index (κ2) is 9.71. The first-order chi connectivity index (χ1) is 14.8. The maximum absolute atomic E-state index is 5.09. The molecular weight excluding hydrogens is 374 g/mol. The van der Waals surface area contributed by atoms with Crippen molar-refractivity contribution in [2.75, 3.05) is 25.6 Å². The third-order valence-corrected chi connectivity index (χ3v) is 4.59. The lowest BCUT2D eigenvalue weighted by atomic mass is 10.0. The van der Waals surface area contributed by atoms with Gasteiger partial charge in [0.25, 0.3) is 0 Å². The summed E-state index contributed by atoms with van der Waals surface area (Å²) in [5.41, 5.74) is 4.17. The predicted molar refractivity (Wildman–Crippen MR) is 119 cm³/mol. The van der Waals surface area contributed by atoms with Gasteiger partial charge in [-0.1, -0.05) is 66.7 Å². The van der Waals surface area contributed by atoms with Crippen LogP contribution in [-0.2, 0) is 4.74 Å². The molecule has 0 radical (unpaired) electrons. The molecule has 6 heteroatoms. The molecule has 4 aromatic rings. The maximum atomic E-state index is 5.09. The zero-order valence-corrected chi connectivity index (χ0v) is 16.8. The van der Waals surface area contributed by atoms with Crippen molar-refractivity contribution in [1.29, 1.82) is 0 Å². The minimum Gasteiger partial charge on any atom is -0.385 e. The Kier molecular flexibility index (Phi) is 6.37. The van der Waals surface area contributed by atoms with E-state index in [1.807, 2.05) is 78.9 Å². The van der Waals surface area contributed by atoms with E-state index in [0.29, 0.717) is 18.1 Å². The molecule has 0 aliphatic heterocycles. The van der Waals surface area contributed by atoms with Gasteiger partial charge in [-0.25, -0.2) is 9.97 Å². The van der Waals surface area contributed by atoms with Gasteiger partial charge in [-0.2, -0.15) is 0 Å². The lowest BCUT2D eigenvalue weighted by molar-refractivity contribution is 0.198. The summed E-state index contributed by atoms with van der Waals surface area (Å²) in [7, 11) is 1.70. The summed E-state index contributed by atoms with van der Waals surface area (Å²) in [6.07, 6.45) is 0.907. The number of anilines is 1. The first-order valence-electron chi connectivity index (χ1n) is 9.91. The minimum atomic E-state index is 0.495. The first kappa shape index (κ1) is 19.7. The Labute approximate surface area is 176 Å². The third-order valence-electron chi connectivity index (χ3n) is 4.59. The normalized spacial score (nSPS) is 10.7. The van der Waals surface area contributed by atoms with Gasteiger partial charge < -0.3 is 10.1 Å². The molecule has 0 atom stereocenters. The summed E-state index contributed by atoms with van der Waals surface area (Å²) in [5.74, 6) is 1.27. The zero-order chi connectivity index (χ0) is 20.6. The third kappa shape index (κ3) is 4.67. The highest BCUT2D eigenvalue weighted by Gasteiger charge is 2.15. The highest BCUT2D eigenvalue weighted by atomic mass is 16.5. The first-order valence-corrected chi connectivity index (χ1v) is 9.91. The zero-order valence-electron chi connectivity index (χ0n) is 16.8. The van der Waals surface area contributed by atoms with Crippen LogP contribution in [0.1, 0.15) is 6.42 Å². The Morgan fingerprint density at radius 2 is 1.43 bits per heavy atom. The number of pyridine rings is 1. The number of hydrogen-bond donors (Lipinski definition) is 1. The van der Waals surface area contributed by atoms with Gasteiger partial charge in [-0.3, -0.25) is 0 Å². The van der Waals surface area contributed by atoms with E-state index in [1.165, 1.54) is 0 Å². The van der Waals surface area contributed by atoms with Crippen LogP contribution in [0.5, 0.6) is 0 Å². The smallest absolute Gasteiger partial charge is 0.201 e. The number of nitrogens with zero attached hydrogens (tertiary/aromatic N) is 4. The van der Waals surface area contributed by atoms with E-state index < -0.39 is 0 Å². The Hall–Kier alpha value is -3.64. The summed E-state index contributed by atoms with van der Waals surface area (Å²) >= 11 is 0. The number of nitrogens with one attached hydrogen (secondary N) is 1. The lowest BCUT2D eigenvalue weighted by Crippen LogP contribution is -2.07. The van der Waals surface area contributed by atoms with Crippen molar-refractivity contribution in [3.8, 4) is 34.0 Å². The average Bonchev–Trinajstić information content (AvgIpc) is 2.83. The van der Waals surface area contributed by atoms with E-state index in [-0.39, 0.29) is 0 Å². The van der Waals surface area contributed by atoms with Gasteiger partial charge in [0.15, 0.2) is 0 Å². The highest BCUT2D eigenvalue weighted by Crippen LogP contribution is 2.29. The van der Waals surface area contributed by atoms with E-state index in [4.69, 9.17) is 9.72 Å². The maximum Gasteiger partial charge on any atom is 0.201 e. The summed E-state index contributed by atoms with van der Waals surface area (Å²) in [4.78, 5) is 9.52. The number of methoxy groups -OCH3 is 1. The minimum absolute atomic E-state index is 0.495. The number of aromatic nitrogens is 4. The van der Waals surface area contributed by atoms with E-state index in [9.17, 15) is 0 Å². The largest absolute Gasteiger partial charge is 0.385 e. The van der Waals surface area contributed by atoms with Crippen LogP contribution >= 0.6 is 0 Å². The monoisotopic (exact) mass is 397 g/mol. The van der Waals surface area contributed by atoms with Crippen LogP contribution in [0.25, 0.3) is 34.0 Å². The van der Waals surface area contributed by atoms with Crippen molar-refractivity contribution in [2.45, 2.75) is 6.42 Å². The van der Waals surface area contributed by atoms with Crippen molar-refractivity contribution in [2.24, 2.45) is 0 Å². The number of hydrogen-bond acceptors (Lipinski definition) is 6. The fourth-order valence-electron chi connectivity index (χ4n) is 3.11. The quantitative estimate of drug-likeness (QED) is 0.434. The van der Waals surface area contributed by atoms with Crippen molar-refractivity contribution < 1.29 is 4.74 Å². The molecule has 1 N–H and O–H groups in total. The van der Waals surface area contributed by atoms with Gasteiger partial charge >= 0.3 is 0 Å². The van der Waals surface area contributed by atoms with Gasteiger partial charge in [-0.05, 0) is 18.6 Å². The molecule has 4 rings (SSSR count). The van der Waals surface area contributed by atoms with Crippen molar-refractivity contribution in [3.05, 3.63) is 78.9 Å². The molecular formula is C24H23N5O. The van der Waals surface area contributed by atoms with Crippen LogP contribution < -0.4 is 5.32 Å². The Morgan fingerprint density at radius 3 is 2.13 bits per heavy atom. The van der Waals surface area contributed by atoms with E-state index >= 15 is 0 Å². The van der Waals surface area contributed by atoms with Crippen LogP contribution in [-0.4, -0.2) is 40.4 Å². The molecule has 150 valence electrons. The molecule has 0 fully saturated rings. The molecule has 0 aliphatic carbocycles. The fraction of sp³-hybridized carbons (Fsp3) is 0.167. The number of ether oxygens (including phenoxy) is 1. The number of rotatable bonds is 8. The molecule has 0 bridgehead atoms. The standard InChI is InChI=1S/C24H23N5O/c1-30-17-9-16-25-21-15-8-14-20(26-21)24-27-22(18-10-4-2-5-11-18)23(28-29-24)19-12-6-3-7-13-19/h2-8,10-15H,9,16-17H2,1H3,(H,25,26). The van der Waals surface area contributed by atoms with Gasteiger partial charge in [0, 0.05) is 31.4 Å². The topological polar surface area (TPSA) is 72.8 Å². The van der Waals surface area contributed by atoms with Gasteiger partial charge in [-0.15, -0.1) is 10.2 Å². The fourth-order valence-corrected chi connectivity index (χ4v) is 3.11. The van der Waals surface area contributed by atoms with Gasteiger partial charge in [0.2, 0.25) is 5.82 Å². The van der Waals surface area contributed by atoms with Crippen LogP contribution in [0, 0.1) is 0 Å². The van der Waals surface area contributed by atoms with Crippen molar-refractivity contribution in [3.63, 3.8) is 0 Å². The van der Waals surface area contributed by atoms with Gasteiger partial charge in [0.1, 0.15) is 22.9 Å². The summed E-state index contributed by atoms with van der Waals surface area (Å²) in [6.45, 7) is 1.49. The second-order valence-electron chi connectivity index (χ2n) is 6.75. The van der Waals surface area contributed by atoms with E-state index in [0.717, 1.165) is 41.3 Å². The van der Waals surface area contributed by atoms with Crippen molar-refractivity contribution >= 4 is 5.82 Å². The Morgan fingerprint density at radius 1 is 0.733 bits per heavy atom. The van der Waals surface area contributed by atoms with E-state index in [2.05, 4.69) is 20.5 Å². The van der Waals surface area contributed by atoms with Crippen molar-refractivity contribution in [1.82, 2.24) is 20.2 Å². The van der Waals surface area contributed by atoms with Crippen LogP contribution in [0.15, 0.2) is 78.9 Å². The molecule has 0 saturated heterocycles. The molecule has 0 amide bonds. The summed E-state index contributed by atoms with van der Waals surface area (Å²) < 4.78 is 5.09. The lowest BCUT2D eigenvalue weighted by Gasteiger charge is -2.10. The molecule has 0 unspecified atom stereocenters. The molecule has 0 saturated carbocycles. The average molecular weight is 397 g/mol. The Bertz CT molecular complexity index is 1090. The predicted octanol–water partition coefficient (Wildman–Crippen LogP) is 4.72. The number of benzene rings is 2. The Balaban J connectivity index is 1.70. The van der Waals surface area contributed by atoms with Crippen LogP contribution in [0.3, 0.4) is 0 Å². The molecule has 2 heterocycles. The summed E-state index contributed by atoms with van der Waals surface area (Å²) in [6, 6.07) is 25.8. The SMILES string of the molecule is COCCCNc1cccc(-c2nnc(-c3ccccc3)c(-c3ccccc3)n2)n1. The molecule has 2 aromatic carbocycles. The van der Waals surface area contributed by atoms with Gasteiger partial charge in [0.05, 0.1) is 0 Å². The van der Waals surface area contributed by atoms with Crippen LogP contribution in [0.4, 0.5) is 5.82 Å². The second-order valence-corrected chi connectivity index (χ2v) is 6.75. The van der Waals surface area contributed by atoms with Crippen LogP contribution in [0.2, 0.25) is 0 Å². The molecule has 0 aliphatic rings. The summed E-state index contributed by atoms with van der Waals surface area (Å²) in [5, 5.41) is 12.2. The highest BCUT2D eigenvalue weighted by molar-refractivity contribution is 5.78. The molecule has 2 aromatic heterocycles. The molecule has 6 nitrogen and oxygen atoms in total. The van der Waals surface area contributed by atoms with E-state index in [1.54, 1.807) is 7.11 Å².